The number of amidine groups is 1. The summed E-state index contributed by atoms with van der Waals surface area (Å²) < 4.78 is 10.7. The summed E-state index contributed by atoms with van der Waals surface area (Å²) in [5.41, 5.74) is 5.88. The van der Waals surface area contributed by atoms with E-state index in [1.807, 2.05) is 18.2 Å². The molecule has 0 aromatic heterocycles. The molecule has 5 nitrogen and oxygen atoms in total. The predicted octanol–water partition coefficient (Wildman–Crippen LogP) is 5.86. The number of fused-ring (bicyclic) bond motifs is 1. The molecular formula is C26H34ClN3O2. The third-order valence-electron chi connectivity index (χ3n) is 6.59. The summed E-state index contributed by atoms with van der Waals surface area (Å²) in [5.74, 6) is 1.05. The molecule has 1 heterocycles. The zero-order valence-electron chi connectivity index (χ0n) is 19.2. The Morgan fingerprint density at radius 1 is 0.938 bits per heavy atom. The first-order valence-electron chi connectivity index (χ1n) is 11.6. The van der Waals surface area contributed by atoms with Crippen LogP contribution in [0, 0.1) is 0 Å². The van der Waals surface area contributed by atoms with E-state index in [9.17, 15) is 0 Å². The summed E-state index contributed by atoms with van der Waals surface area (Å²) in [6.07, 6.45) is 7.66. The molecule has 1 aliphatic heterocycles. The molecular weight excluding hydrogens is 422 g/mol. The van der Waals surface area contributed by atoms with Gasteiger partial charge in [-0.25, -0.2) is 0 Å². The van der Waals surface area contributed by atoms with Crippen LogP contribution in [-0.4, -0.2) is 38.8 Å². The number of hydrogen-bond donors (Lipinski definition) is 2. The van der Waals surface area contributed by atoms with Gasteiger partial charge in [0.05, 0.1) is 36.7 Å². The number of ether oxygens (including phenoxy) is 2. The van der Waals surface area contributed by atoms with Crippen molar-refractivity contribution in [1.29, 1.82) is 0 Å². The lowest BCUT2D eigenvalue weighted by atomic mass is 9.78. The number of anilines is 2. The third-order valence-corrected chi connectivity index (χ3v) is 6.82. The van der Waals surface area contributed by atoms with Crippen LogP contribution in [0.25, 0.3) is 0 Å². The molecule has 0 saturated heterocycles. The highest BCUT2D eigenvalue weighted by Crippen LogP contribution is 2.41. The minimum atomic E-state index is -0.129. The lowest BCUT2D eigenvalue weighted by molar-refractivity contribution is 0.198. The molecule has 2 N–H and O–H groups in total. The molecule has 1 fully saturated rings. The van der Waals surface area contributed by atoms with E-state index in [0.29, 0.717) is 19.8 Å². The Morgan fingerprint density at radius 3 is 2.28 bits per heavy atom. The van der Waals surface area contributed by atoms with Crippen LogP contribution in [0.15, 0.2) is 41.4 Å². The third kappa shape index (κ3) is 5.28. The molecule has 2 aromatic rings. The predicted molar refractivity (Wildman–Crippen MR) is 133 cm³/mol. The van der Waals surface area contributed by atoms with E-state index in [-0.39, 0.29) is 5.54 Å². The molecule has 1 aliphatic carbocycles. The Hall–Kier alpha value is -2.08. The van der Waals surface area contributed by atoms with Crippen molar-refractivity contribution in [3.05, 3.63) is 58.1 Å². The van der Waals surface area contributed by atoms with E-state index >= 15 is 0 Å². The van der Waals surface area contributed by atoms with Crippen LogP contribution >= 0.6 is 11.6 Å². The Morgan fingerprint density at radius 2 is 1.62 bits per heavy atom. The van der Waals surface area contributed by atoms with E-state index in [0.717, 1.165) is 47.8 Å². The van der Waals surface area contributed by atoms with E-state index in [1.54, 1.807) is 14.2 Å². The van der Waals surface area contributed by atoms with Gasteiger partial charge in [0.15, 0.2) is 0 Å². The van der Waals surface area contributed by atoms with Crippen molar-refractivity contribution in [1.82, 2.24) is 0 Å². The first kappa shape index (κ1) is 23.1. The first-order valence-corrected chi connectivity index (χ1v) is 12.0. The van der Waals surface area contributed by atoms with Gasteiger partial charge in [0.25, 0.3) is 0 Å². The van der Waals surface area contributed by atoms with Crippen molar-refractivity contribution in [2.24, 2.45) is 4.99 Å². The van der Waals surface area contributed by atoms with Gasteiger partial charge >= 0.3 is 0 Å². The van der Waals surface area contributed by atoms with Gasteiger partial charge in [0, 0.05) is 19.2 Å². The maximum absolute atomic E-state index is 6.19. The number of aliphatic imine (C=N–C) groups is 1. The van der Waals surface area contributed by atoms with Gasteiger partial charge in [-0.2, -0.15) is 0 Å². The standard InChI is InChI=1S/C26H34ClN3O2/c1-31-13-9-20-16-23-24(17-21(20)10-14-32-2)30-26(11-4-3-5-12-26)25(29-23)28-18-19-7-6-8-22(27)15-19/h6-8,15-17,30H,3-5,9-14,18H2,1-2H3,(H,28,29). The second kappa shape index (κ2) is 10.7. The van der Waals surface area contributed by atoms with E-state index in [2.05, 4.69) is 28.8 Å². The number of halogens is 1. The molecule has 172 valence electrons. The van der Waals surface area contributed by atoms with Crippen molar-refractivity contribution in [2.45, 2.75) is 57.0 Å². The highest BCUT2D eigenvalue weighted by atomic mass is 35.5. The highest BCUT2D eigenvalue weighted by Gasteiger charge is 2.41. The molecule has 2 aromatic carbocycles. The summed E-state index contributed by atoms with van der Waals surface area (Å²) in [6.45, 7) is 2.03. The lowest BCUT2D eigenvalue weighted by Crippen LogP contribution is -2.53. The van der Waals surface area contributed by atoms with Crippen LogP contribution in [0.4, 0.5) is 11.4 Å². The monoisotopic (exact) mass is 455 g/mol. The SMILES string of the molecule is COCCc1cc2c(cc1CCOC)NC1(CCCCC1)C(=NCc1cccc(Cl)c1)N2. The first-order chi connectivity index (χ1) is 15.6. The smallest absolute Gasteiger partial charge is 0.127 e. The fourth-order valence-electron chi connectivity index (χ4n) is 4.86. The number of nitrogens with one attached hydrogen (secondary N) is 2. The number of methoxy groups -OCH3 is 2. The Balaban J connectivity index is 1.67. The molecule has 32 heavy (non-hydrogen) atoms. The van der Waals surface area contributed by atoms with Gasteiger partial charge in [0.1, 0.15) is 5.84 Å². The fraction of sp³-hybridized carbons (Fsp3) is 0.500. The zero-order chi connectivity index (χ0) is 22.4. The quantitative estimate of drug-likeness (QED) is 0.523. The zero-order valence-corrected chi connectivity index (χ0v) is 19.9. The second-order valence-corrected chi connectivity index (χ2v) is 9.28. The van der Waals surface area contributed by atoms with E-state index in [1.165, 1.54) is 36.1 Å². The second-order valence-electron chi connectivity index (χ2n) is 8.84. The normalized spacial score (nSPS) is 18.3. The van der Waals surface area contributed by atoms with Gasteiger partial charge in [-0.05, 0) is 66.6 Å². The van der Waals surface area contributed by atoms with Crippen molar-refractivity contribution in [3.63, 3.8) is 0 Å². The molecule has 1 spiro atoms. The lowest BCUT2D eigenvalue weighted by Gasteiger charge is -2.44. The topological polar surface area (TPSA) is 54.9 Å². The molecule has 2 aliphatic rings. The van der Waals surface area contributed by atoms with Gasteiger partial charge in [-0.15, -0.1) is 0 Å². The molecule has 6 heteroatoms. The fourth-order valence-corrected chi connectivity index (χ4v) is 5.08. The average molecular weight is 456 g/mol. The van der Waals surface area contributed by atoms with E-state index in [4.69, 9.17) is 26.1 Å². The summed E-state index contributed by atoms with van der Waals surface area (Å²) in [5, 5.41) is 8.40. The van der Waals surface area contributed by atoms with Crippen molar-refractivity contribution in [2.75, 3.05) is 38.1 Å². The molecule has 1 saturated carbocycles. The maximum atomic E-state index is 6.19. The Bertz CT molecular complexity index is 954. The minimum Gasteiger partial charge on any atom is -0.384 e. The van der Waals surface area contributed by atoms with Gasteiger partial charge in [-0.1, -0.05) is 43.0 Å². The van der Waals surface area contributed by atoms with Gasteiger partial charge < -0.3 is 20.1 Å². The number of hydrogen-bond acceptors (Lipinski definition) is 4. The van der Waals surface area contributed by atoms with Crippen LogP contribution < -0.4 is 10.6 Å². The number of rotatable bonds is 8. The molecule has 0 unspecified atom stereocenters. The molecule has 0 atom stereocenters. The minimum absolute atomic E-state index is 0.129. The average Bonchev–Trinajstić information content (AvgIpc) is 2.80. The summed E-state index contributed by atoms with van der Waals surface area (Å²) in [7, 11) is 3.51. The Kier molecular flexibility index (Phi) is 7.71. The summed E-state index contributed by atoms with van der Waals surface area (Å²) in [4.78, 5) is 5.07. The number of nitrogens with zero attached hydrogens (tertiary/aromatic N) is 1. The number of benzene rings is 2. The summed E-state index contributed by atoms with van der Waals surface area (Å²) >= 11 is 6.19. The van der Waals surface area contributed by atoms with Crippen molar-refractivity contribution < 1.29 is 9.47 Å². The van der Waals surface area contributed by atoms with Crippen LogP contribution in [0.3, 0.4) is 0 Å². The summed E-state index contributed by atoms with van der Waals surface area (Å²) in [6, 6.07) is 12.5. The molecule has 0 radical (unpaired) electrons. The van der Waals surface area contributed by atoms with Crippen molar-refractivity contribution >= 4 is 28.8 Å². The Labute approximate surface area is 196 Å². The largest absolute Gasteiger partial charge is 0.384 e. The molecule has 0 amide bonds. The van der Waals surface area contributed by atoms with Gasteiger partial charge in [0.2, 0.25) is 0 Å². The van der Waals surface area contributed by atoms with Crippen LogP contribution in [-0.2, 0) is 28.9 Å². The molecule has 4 rings (SSSR count). The maximum Gasteiger partial charge on any atom is 0.127 e. The van der Waals surface area contributed by atoms with Crippen LogP contribution in [0.5, 0.6) is 0 Å². The van der Waals surface area contributed by atoms with Gasteiger partial charge in [-0.3, -0.25) is 4.99 Å². The van der Waals surface area contributed by atoms with Crippen LogP contribution in [0.2, 0.25) is 5.02 Å². The van der Waals surface area contributed by atoms with E-state index < -0.39 is 0 Å². The van der Waals surface area contributed by atoms with Crippen LogP contribution in [0.1, 0.15) is 48.8 Å². The van der Waals surface area contributed by atoms with Crippen molar-refractivity contribution in [3.8, 4) is 0 Å². The molecule has 0 bridgehead atoms. The highest BCUT2D eigenvalue weighted by molar-refractivity contribution is 6.30.